The smallest absolute Gasteiger partial charge is 0.225 e. The number of hydrogen-bond donors (Lipinski definition) is 0. The standard InChI is InChI=1S/C17H27N5O3S/c1-26(24,25)22(15-5-2-3-6-15)10-7-16(23)20-11-13-21(14-12-20)17-18-8-4-9-19-17/h4,8-9,15H,2-3,5-7,10-14H2,1H3. The van der Waals surface area contributed by atoms with Crippen molar-refractivity contribution >= 4 is 21.9 Å². The zero-order valence-electron chi connectivity index (χ0n) is 15.2. The van der Waals surface area contributed by atoms with Gasteiger partial charge in [-0.15, -0.1) is 0 Å². The molecule has 9 heteroatoms. The second kappa shape index (κ2) is 8.30. The summed E-state index contributed by atoms with van der Waals surface area (Å²) in [6, 6.07) is 1.84. The van der Waals surface area contributed by atoms with Crippen molar-refractivity contribution in [3.8, 4) is 0 Å². The normalized spacial score (nSPS) is 19.3. The first-order chi connectivity index (χ1) is 12.4. The van der Waals surface area contributed by atoms with Crippen molar-refractivity contribution < 1.29 is 13.2 Å². The first-order valence-electron chi connectivity index (χ1n) is 9.22. The minimum absolute atomic E-state index is 0.0188. The van der Waals surface area contributed by atoms with E-state index in [4.69, 9.17) is 0 Å². The Morgan fingerprint density at radius 3 is 2.35 bits per heavy atom. The third kappa shape index (κ3) is 4.70. The Morgan fingerprint density at radius 1 is 1.15 bits per heavy atom. The van der Waals surface area contributed by atoms with Crippen LogP contribution >= 0.6 is 0 Å². The summed E-state index contributed by atoms with van der Waals surface area (Å²) in [5.41, 5.74) is 0. The molecule has 3 rings (SSSR count). The predicted molar refractivity (Wildman–Crippen MR) is 99.2 cm³/mol. The number of piperazine rings is 1. The van der Waals surface area contributed by atoms with Crippen LogP contribution in [0.2, 0.25) is 0 Å². The number of nitrogens with zero attached hydrogens (tertiary/aromatic N) is 5. The van der Waals surface area contributed by atoms with Crippen LogP contribution in [0.5, 0.6) is 0 Å². The summed E-state index contributed by atoms with van der Waals surface area (Å²) < 4.78 is 25.7. The Bertz CT molecular complexity index is 698. The highest BCUT2D eigenvalue weighted by Crippen LogP contribution is 2.25. The Hall–Kier alpha value is -1.74. The second-order valence-corrected chi connectivity index (χ2v) is 8.91. The first kappa shape index (κ1) is 19.0. The lowest BCUT2D eigenvalue weighted by atomic mass is 10.2. The number of hydrogen-bond acceptors (Lipinski definition) is 6. The van der Waals surface area contributed by atoms with Crippen LogP contribution in [0.3, 0.4) is 0 Å². The molecule has 1 amide bonds. The fourth-order valence-corrected chi connectivity index (χ4v) is 4.96. The molecule has 2 heterocycles. The summed E-state index contributed by atoms with van der Waals surface area (Å²) in [6.45, 7) is 2.88. The maximum Gasteiger partial charge on any atom is 0.225 e. The van der Waals surface area contributed by atoms with E-state index in [2.05, 4.69) is 14.9 Å². The Morgan fingerprint density at radius 2 is 1.77 bits per heavy atom. The van der Waals surface area contributed by atoms with Gasteiger partial charge in [0.15, 0.2) is 0 Å². The lowest BCUT2D eigenvalue weighted by Gasteiger charge is -2.35. The van der Waals surface area contributed by atoms with Crippen molar-refractivity contribution in [1.82, 2.24) is 19.2 Å². The Labute approximate surface area is 155 Å². The van der Waals surface area contributed by atoms with Crippen molar-refractivity contribution in [2.45, 2.75) is 38.1 Å². The van der Waals surface area contributed by atoms with Gasteiger partial charge >= 0.3 is 0 Å². The summed E-state index contributed by atoms with van der Waals surface area (Å²) in [7, 11) is -3.28. The topological polar surface area (TPSA) is 86.7 Å². The van der Waals surface area contributed by atoms with Crippen LogP contribution in [-0.2, 0) is 14.8 Å². The molecule has 1 aromatic heterocycles. The summed E-state index contributed by atoms with van der Waals surface area (Å²) in [4.78, 5) is 24.9. The van der Waals surface area contributed by atoms with Crippen molar-refractivity contribution in [3.63, 3.8) is 0 Å². The van der Waals surface area contributed by atoms with Gasteiger partial charge in [-0.05, 0) is 18.9 Å². The van der Waals surface area contributed by atoms with E-state index in [9.17, 15) is 13.2 Å². The molecule has 0 atom stereocenters. The van der Waals surface area contributed by atoms with Crippen LogP contribution in [0.15, 0.2) is 18.5 Å². The van der Waals surface area contributed by atoms with Gasteiger partial charge in [-0.1, -0.05) is 12.8 Å². The minimum atomic E-state index is -3.28. The summed E-state index contributed by atoms with van der Waals surface area (Å²) in [6.07, 6.45) is 8.83. The van der Waals surface area contributed by atoms with Crippen LogP contribution in [0, 0.1) is 0 Å². The Balaban J connectivity index is 1.50. The van der Waals surface area contributed by atoms with Crippen LogP contribution in [-0.4, -0.2) is 78.5 Å². The highest BCUT2D eigenvalue weighted by molar-refractivity contribution is 7.88. The molecule has 0 aromatic carbocycles. The lowest BCUT2D eigenvalue weighted by molar-refractivity contribution is -0.131. The maximum absolute atomic E-state index is 12.5. The average Bonchev–Trinajstić information content (AvgIpc) is 3.15. The van der Waals surface area contributed by atoms with Gasteiger partial charge in [0.2, 0.25) is 21.9 Å². The third-order valence-corrected chi connectivity index (χ3v) is 6.50. The van der Waals surface area contributed by atoms with Gasteiger partial charge in [0.1, 0.15) is 0 Å². The van der Waals surface area contributed by atoms with E-state index in [-0.39, 0.29) is 24.9 Å². The van der Waals surface area contributed by atoms with Gasteiger partial charge in [0.05, 0.1) is 6.26 Å². The molecule has 1 aliphatic heterocycles. The molecule has 2 fully saturated rings. The van der Waals surface area contributed by atoms with Crippen molar-refractivity contribution in [2.75, 3.05) is 43.9 Å². The van der Waals surface area contributed by atoms with Gasteiger partial charge in [0.25, 0.3) is 0 Å². The first-order valence-corrected chi connectivity index (χ1v) is 11.1. The number of sulfonamides is 1. The van der Waals surface area contributed by atoms with E-state index >= 15 is 0 Å². The summed E-state index contributed by atoms with van der Waals surface area (Å²) >= 11 is 0. The van der Waals surface area contributed by atoms with Gasteiger partial charge in [-0.25, -0.2) is 18.4 Å². The molecule has 26 heavy (non-hydrogen) atoms. The molecule has 144 valence electrons. The molecule has 0 N–H and O–H groups in total. The zero-order chi connectivity index (χ0) is 18.6. The molecule has 1 aliphatic carbocycles. The highest BCUT2D eigenvalue weighted by Gasteiger charge is 2.30. The molecule has 1 saturated carbocycles. The monoisotopic (exact) mass is 381 g/mol. The fourth-order valence-electron chi connectivity index (χ4n) is 3.79. The SMILES string of the molecule is CS(=O)(=O)N(CCC(=O)N1CCN(c2ncccn2)CC1)C1CCCC1. The van der Waals surface area contributed by atoms with Crippen LogP contribution in [0.25, 0.3) is 0 Å². The molecule has 8 nitrogen and oxygen atoms in total. The van der Waals surface area contributed by atoms with Gasteiger partial charge in [-0.2, -0.15) is 4.31 Å². The summed E-state index contributed by atoms with van der Waals surface area (Å²) in [5, 5.41) is 0. The van der Waals surface area contributed by atoms with Crippen LogP contribution in [0.1, 0.15) is 32.1 Å². The molecule has 0 unspecified atom stereocenters. The van der Waals surface area contributed by atoms with E-state index in [1.807, 2.05) is 4.90 Å². The van der Waals surface area contributed by atoms with Gasteiger partial charge in [-0.3, -0.25) is 4.79 Å². The third-order valence-electron chi connectivity index (χ3n) is 5.17. The zero-order valence-corrected chi connectivity index (χ0v) is 16.1. The maximum atomic E-state index is 12.5. The molecular formula is C17H27N5O3S. The van der Waals surface area contributed by atoms with Crippen molar-refractivity contribution in [1.29, 1.82) is 0 Å². The molecule has 2 aliphatic rings. The number of carbonyl (C=O) groups excluding carboxylic acids is 1. The largest absolute Gasteiger partial charge is 0.339 e. The number of anilines is 1. The highest BCUT2D eigenvalue weighted by atomic mass is 32.2. The number of amides is 1. The van der Waals surface area contributed by atoms with E-state index in [0.717, 1.165) is 25.7 Å². The van der Waals surface area contributed by atoms with Crippen molar-refractivity contribution in [3.05, 3.63) is 18.5 Å². The van der Waals surface area contributed by atoms with E-state index < -0.39 is 10.0 Å². The molecule has 0 radical (unpaired) electrons. The molecule has 1 saturated heterocycles. The lowest BCUT2D eigenvalue weighted by Crippen LogP contribution is -2.50. The van der Waals surface area contributed by atoms with Crippen LogP contribution in [0.4, 0.5) is 5.95 Å². The van der Waals surface area contributed by atoms with E-state index in [1.165, 1.54) is 10.6 Å². The van der Waals surface area contributed by atoms with Crippen molar-refractivity contribution in [2.24, 2.45) is 0 Å². The Kier molecular flexibility index (Phi) is 6.08. The average molecular weight is 382 g/mol. The van der Waals surface area contributed by atoms with Crippen LogP contribution < -0.4 is 4.90 Å². The fraction of sp³-hybridized carbons (Fsp3) is 0.706. The van der Waals surface area contributed by atoms with E-state index in [1.54, 1.807) is 18.5 Å². The molecule has 1 aromatic rings. The number of carbonyl (C=O) groups is 1. The molecule has 0 bridgehead atoms. The second-order valence-electron chi connectivity index (χ2n) is 6.98. The van der Waals surface area contributed by atoms with Gasteiger partial charge in [0, 0.05) is 57.6 Å². The predicted octanol–water partition coefficient (Wildman–Crippen LogP) is 0.720. The minimum Gasteiger partial charge on any atom is -0.339 e. The molecule has 0 spiro atoms. The van der Waals surface area contributed by atoms with E-state index in [0.29, 0.717) is 32.1 Å². The number of rotatable bonds is 6. The van der Waals surface area contributed by atoms with Gasteiger partial charge < -0.3 is 9.80 Å². The summed E-state index contributed by atoms with van der Waals surface area (Å²) in [5.74, 6) is 0.703. The quantitative estimate of drug-likeness (QED) is 0.722. The number of aromatic nitrogens is 2. The molecular weight excluding hydrogens is 354 g/mol.